The van der Waals surface area contributed by atoms with Crippen molar-refractivity contribution in [2.24, 2.45) is 23.3 Å². The number of nitrogens with two attached hydrogens (primary N) is 2. The maximum Gasteiger partial charge on any atom is 0.315 e. The predicted molar refractivity (Wildman–Crippen MR) is 59.6 cm³/mol. The number of nitrogens with zero attached hydrogens (tertiary/aromatic N) is 1. The predicted octanol–water partition coefficient (Wildman–Crippen LogP) is 0.0835. The smallest absolute Gasteiger partial charge is 0.315 e. The Morgan fingerprint density at radius 2 is 1.81 bits per heavy atom. The minimum Gasteiger partial charge on any atom is -0.351 e. The van der Waals surface area contributed by atoms with Gasteiger partial charge in [-0.05, 0) is 38.1 Å². The number of carbonyl (C=O) groups excluding carboxylic acids is 2. The second-order valence-corrected chi connectivity index (χ2v) is 4.86. The first-order valence-corrected chi connectivity index (χ1v) is 5.93. The van der Waals surface area contributed by atoms with Crippen LogP contribution in [0.3, 0.4) is 0 Å². The van der Waals surface area contributed by atoms with Crippen molar-refractivity contribution in [3.8, 4) is 0 Å². The number of urea groups is 1. The van der Waals surface area contributed by atoms with Gasteiger partial charge in [-0.15, -0.1) is 0 Å². The van der Waals surface area contributed by atoms with E-state index in [-0.39, 0.29) is 17.7 Å². The van der Waals surface area contributed by atoms with Crippen molar-refractivity contribution in [1.82, 2.24) is 4.90 Å². The number of primary amides is 1. The lowest BCUT2D eigenvalue weighted by Crippen LogP contribution is -2.31. The molecule has 1 atom stereocenters. The highest BCUT2D eigenvalue weighted by Gasteiger charge is 2.45. The largest absolute Gasteiger partial charge is 0.351 e. The first-order valence-electron chi connectivity index (χ1n) is 5.93. The molecule has 0 spiro atoms. The Hall–Kier alpha value is -1.10. The maximum atomic E-state index is 12.0. The first kappa shape index (κ1) is 11.4. The molecule has 0 aromatic carbocycles. The Morgan fingerprint density at radius 1 is 1.19 bits per heavy atom. The molecule has 1 unspecified atom stereocenters. The Bertz CT molecular complexity index is 298. The van der Waals surface area contributed by atoms with Crippen LogP contribution in [0.4, 0.5) is 4.79 Å². The van der Waals surface area contributed by atoms with Crippen molar-refractivity contribution in [2.75, 3.05) is 13.1 Å². The number of ketones is 1. The fourth-order valence-corrected chi connectivity index (χ4v) is 2.58. The third kappa shape index (κ3) is 2.19. The van der Waals surface area contributed by atoms with E-state index < -0.39 is 6.03 Å². The molecule has 1 aliphatic heterocycles. The van der Waals surface area contributed by atoms with Crippen molar-refractivity contribution in [2.45, 2.75) is 31.7 Å². The highest BCUT2D eigenvalue weighted by Crippen LogP contribution is 2.32. The van der Waals surface area contributed by atoms with Crippen LogP contribution in [0.5, 0.6) is 0 Å². The first-order chi connectivity index (χ1) is 7.63. The minimum absolute atomic E-state index is 0.122. The van der Waals surface area contributed by atoms with E-state index in [0.29, 0.717) is 12.5 Å². The standard InChI is InChI=1S/C11H19N3O2/c12-5-7-1-3-8(4-2-7)10(15)9-6-14(9)11(13)16/h7-9H,1-6,12H2,(H2,13,16). The Kier molecular flexibility index (Phi) is 3.14. The summed E-state index contributed by atoms with van der Waals surface area (Å²) in [5.41, 5.74) is 10.7. The zero-order valence-electron chi connectivity index (χ0n) is 9.39. The van der Waals surface area contributed by atoms with E-state index in [0.717, 1.165) is 32.2 Å². The molecule has 2 fully saturated rings. The highest BCUT2D eigenvalue weighted by molar-refractivity contribution is 5.94. The van der Waals surface area contributed by atoms with Gasteiger partial charge in [-0.1, -0.05) is 0 Å². The molecular formula is C11H19N3O2. The fraction of sp³-hybridized carbons (Fsp3) is 0.818. The van der Waals surface area contributed by atoms with Crippen LogP contribution in [0.1, 0.15) is 25.7 Å². The van der Waals surface area contributed by atoms with Gasteiger partial charge in [0.25, 0.3) is 0 Å². The van der Waals surface area contributed by atoms with Crippen LogP contribution < -0.4 is 11.5 Å². The van der Waals surface area contributed by atoms with Crippen molar-refractivity contribution in [1.29, 1.82) is 0 Å². The third-order valence-corrected chi connectivity index (χ3v) is 3.81. The summed E-state index contributed by atoms with van der Waals surface area (Å²) < 4.78 is 0. The lowest BCUT2D eigenvalue weighted by atomic mass is 9.79. The molecule has 0 aromatic rings. The van der Waals surface area contributed by atoms with Gasteiger partial charge in [0.2, 0.25) is 0 Å². The highest BCUT2D eigenvalue weighted by atomic mass is 16.2. The lowest BCUT2D eigenvalue weighted by molar-refractivity contribution is -0.124. The number of amides is 2. The topological polar surface area (TPSA) is 89.2 Å². The van der Waals surface area contributed by atoms with Crippen molar-refractivity contribution in [3.05, 3.63) is 0 Å². The van der Waals surface area contributed by atoms with Gasteiger partial charge in [0, 0.05) is 5.92 Å². The van der Waals surface area contributed by atoms with Crippen LogP contribution in [0.15, 0.2) is 0 Å². The summed E-state index contributed by atoms with van der Waals surface area (Å²) in [5, 5.41) is 0. The van der Waals surface area contributed by atoms with Gasteiger partial charge in [-0.3, -0.25) is 4.79 Å². The molecule has 1 heterocycles. The summed E-state index contributed by atoms with van der Waals surface area (Å²) in [5.74, 6) is 0.905. The van der Waals surface area contributed by atoms with Crippen molar-refractivity contribution >= 4 is 11.8 Å². The number of rotatable bonds is 3. The number of hydrogen-bond acceptors (Lipinski definition) is 3. The average Bonchev–Trinajstić information content (AvgIpc) is 3.08. The number of hydrogen-bond donors (Lipinski definition) is 2. The third-order valence-electron chi connectivity index (χ3n) is 3.81. The molecule has 16 heavy (non-hydrogen) atoms. The molecule has 2 aliphatic rings. The summed E-state index contributed by atoms with van der Waals surface area (Å²) in [6.45, 7) is 1.24. The lowest BCUT2D eigenvalue weighted by Gasteiger charge is -2.26. The van der Waals surface area contributed by atoms with Crippen LogP contribution in [-0.2, 0) is 4.79 Å². The van der Waals surface area contributed by atoms with Gasteiger partial charge in [0.15, 0.2) is 5.78 Å². The number of carbonyl (C=O) groups is 2. The molecule has 5 heteroatoms. The maximum absolute atomic E-state index is 12.0. The molecule has 1 saturated carbocycles. The molecule has 0 aromatic heterocycles. The molecule has 2 rings (SSSR count). The normalized spacial score (nSPS) is 33.6. The Morgan fingerprint density at radius 3 is 2.25 bits per heavy atom. The van der Waals surface area contributed by atoms with Gasteiger partial charge >= 0.3 is 6.03 Å². The number of Topliss-reactive ketones (excluding diaryl/α,β-unsaturated/α-hetero) is 1. The van der Waals surface area contributed by atoms with E-state index in [9.17, 15) is 9.59 Å². The van der Waals surface area contributed by atoms with Crippen molar-refractivity contribution in [3.63, 3.8) is 0 Å². The second kappa shape index (κ2) is 4.41. The van der Waals surface area contributed by atoms with E-state index in [1.807, 2.05) is 0 Å². The summed E-state index contributed by atoms with van der Waals surface area (Å²) in [4.78, 5) is 24.3. The van der Waals surface area contributed by atoms with E-state index in [1.165, 1.54) is 4.90 Å². The van der Waals surface area contributed by atoms with Crippen LogP contribution in [-0.4, -0.2) is 35.8 Å². The van der Waals surface area contributed by atoms with Crippen LogP contribution in [0, 0.1) is 11.8 Å². The van der Waals surface area contributed by atoms with Gasteiger partial charge in [-0.25, -0.2) is 4.79 Å². The van der Waals surface area contributed by atoms with Gasteiger partial charge in [0.05, 0.1) is 6.54 Å². The summed E-state index contributed by atoms with van der Waals surface area (Å²) in [6, 6.07) is -0.703. The molecular weight excluding hydrogens is 206 g/mol. The van der Waals surface area contributed by atoms with Gasteiger partial charge in [0.1, 0.15) is 6.04 Å². The van der Waals surface area contributed by atoms with Gasteiger partial charge in [-0.2, -0.15) is 0 Å². The molecule has 5 nitrogen and oxygen atoms in total. The zero-order valence-corrected chi connectivity index (χ0v) is 9.39. The summed E-state index contributed by atoms with van der Waals surface area (Å²) in [6.07, 6.45) is 3.92. The summed E-state index contributed by atoms with van der Waals surface area (Å²) in [7, 11) is 0. The molecule has 1 aliphatic carbocycles. The van der Waals surface area contributed by atoms with E-state index in [4.69, 9.17) is 11.5 Å². The molecule has 90 valence electrons. The van der Waals surface area contributed by atoms with E-state index in [1.54, 1.807) is 0 Å². The molecule has 1 saturated heterocycles. The zero-order chi connectivity index (χ0) is 11.7. The Labute approximate surface area is 95.1 Å². The molecule has 2 amide bonds. The van der Waals surface area contributed by atoms with E-state index >= 15 is 0 Å². The van der Waals surface area contributed by atoms with Crippen LogP contribution in [0.25, 0.3) is 0 Å². The Balaban J connectivity index is 1.82. The second-order valence-electron chi connectivity index (χ2n) is 4.86. The van der Waals surface area contributed by atoms with Crippen LogP contribution in [0.2, 0.25) is 0 Å². The molecule has 0 bridgehead atoms. The van der Waals surface area contributed by atoms with Crippen molar-refractivity contribution < 1.29 is 9.59 Å². The minimum atomic E-state index is -0.478. The van der Waals surface area contributed by atoms with Gasteiger partial charge < -0.3 is 16.4 Å². The SMILES string of the molecule is NCC1CCC(C(=O)C2CN2C(N)=O)CC1. The molecule has 4 N–H and O–H groups in total. The quantitative estimate of drug-likeness (QED) is 0.667. The molecule has 0 radical (unpaired) electrons. The van der Waals surface area contributed by atoms with E-state index in [2.05, 4.69) is 0 Å². The van der Waals surface area contributed by atoms with Crippen LogP contribution >= 0.6 is 0 Å². The fourth-order valence-electron chi connectivity index (χ4n) is 2.58. The summed E-state index contributed by atoms with van der Waals surface area (Å²) >= 11 is 0. The average molecular weight is 225 g/mol. The monoisotopic (exact) mass is 225 g/mol.